The number of rotatable bonds is 7. The number of nitrogens with one attached hydrogen (secondary N) is 1. The van der Waals surface area contributed by atoms with Crippen molar-refractivity contribution in [2.75, 3.05) is 38.3 Å². The van der Waals surface area contributed by atoms with Crippen molar-refractivity contribution in [3.63, 3.8) is 0 Å². The van der Waals surface area contributed by atoms with E-state index in [1.165, 1.54) is 16.1 Å². The van der Waals surface area contributed by atoms with Gasteiger partial charge in [0, 0.05) is 35.8 Å². The second kappa shape index (κ2) is 7.58. The highest BCUT2D eigenvalue weighted by Crippen LogP contribution is 2.27. The first-order valence-corrected chi connectivity index (χ1v) is 7.01. The Hall–Kier alpha value is -0.710. The SMILES string of the molecule is CCSc1cccc(NCCN(C)C)c1CN. The molecule has 0 saturated heterocycles. The van der Waals surface area contributed by atoms with E-state index in [1.54, 1.807) is 0 Å². The Morgan fingerprint density at radius 2 is 2.12 bits per heavy atom. The van der Waals surface area contributed by atoms with Crippen LogP contribution in [0.15, 0.2) is 23.1 Å². The molecule has 1 aromatic carbocycles. The first-order chi connectivity index (χ1) is 8.19. The van der Waals surface area contributed by atoms with Gasteiger partial charge < -0.3 is 16.0 Å². The lowest BCUT2D eigenvalue weighted by molar-refractivity contribution is 0.425. The van der Waals surface area contributed by atoms with Gasteiger partial charge in [-0.25, -0.2) is 0 Å². The van der Waals surface area contributed by atoms with Crippen LogP contribution >= 0.6 is 11.8 Å². The van der Waals surface area contributed by atoms with Crippen molar-refractivity contribution in [1.29, 1.82) is 0 Å². The van der Waals surface area contributed by atoms with Crippen LogP contribution in [0.4, 0.5) is 5.69 Å². The fourth-order valence-corrected chi connectivity index (χ4v) is 2.50. The number of nitrogens with zero attached hydrogens (tertiary/aromatic N) is 1. The molecule has 3 N–H and O–H groups in total. The summed E-state index contributed by atoms with van der Waals surface area (Å²) >= 11 is 1.85. The summed E-state index contributed by atoms with van der Waals surface area (Å²) in [5.41, 5.74) is 8.26. The number of likely N-dealkylation sites (N-methyl/N-ethyl adjacent to an activating group) is 1. The fourth-order valence-electron chi connectivity index (χ4n) is 1.65. The van der Waals surface area contributed by atoms with Crippen molar-refractivity contribution in [1.82, 2.24) is 4.90 Å². The molecule has 3 nitrogen and oxygen atoms in total. The van der Waals surface area contributed by atoms with E-state index in [1.807, 2.05) is 11.8 Å². The minimum Gasteiger partial charge on any atom is -0.383 e. The van der Waals surface area contributed by atoms with E-state index in [0.29, 0.717) is 6.54 Å². The maximum Gasteiger partial charge on any atom is 0.0397 e. The van der Waals surface area contributed by atoms with Gasteiger partial charge in [0.25, 0.3) is 0 Å². The molecule has 0 radical (unpaired) electrons. The van der Waals surface area contributed by atoms with Crippen molar-refractivity contribution in [3.05, 3.63) is 23.8 Å². The predicted molar refractivity (Wildman–Crippen MR) is 77.8 cm³/mol. The summed E-state index contributed by atoms with van der Waals surface area (Å²) in [4.78, 5) is 3.46. The number of anilines is 1. The van der Waals surface area contributed by atoms with Crippen LogP contribution in [0, 0.1) is 0 Å². The number of nitrogens with two attached hydrogens (primary N) is 1. The second-order valence-electron chi connectivity index (χ2n) is 4.15. The fraction of sp³-hybridized carbons (Fsp3) is 0.538. The van der Waals surface area contributed by atoms with Crippen molar-refractivity contribution >= 4 is 17.4 Å². The normalized spacial score (nSPS) is 10.9. The van der Waals surface area contributed by atoms with Crippen LogP contribution in [0.5, 0.6) is 0 Å². The number of benzene rings is 1. The minimum absolute atomic E-state index is 0.591. The molecule has 0 spiro atoms. The molecule has 0 amide bonds. The second-order valence-corrected chi connectivity index (χ2v) is 5.46. The van der Waals surface area contributed by atoms with Crippen LogP contribution in [0.1, 0.15) is 12.5 Å². The Bertz CT molecular complexity index is 339. The van der Waals surface area contributed by atoms with Gasteiger partial charge >= 0.3 is 0 Å². The van der Waals surface area contributed by atoms with E-state index in [2.05, 4.69) is 49.4 Å². The maximum atomic E-state index is 5.85. The molecule has 96 valence electrons. The monoisotopic (exact) mass is 253 g/mol. The maximum absolute atomic E-state index is 5.85. The molecule has 0 aromatic heterocycles. The van der Waals surface area contributed by atoms with Gasteiger partial charge in [0.05, 0.1) is 0 Å². The van der Waals surface area contributed by atoms with Crippen LogP contribution in [0.2, 0.25) is 0 Å². The van der Waals surface area contributed by atoms with Gasteiger partial charge in [-0.2, -0.15) is 0 Å². The van der Waals surface area contributed by atoms with Crippen molar-refractivity contribution in [2.24, 2.45) is 5.73 Å². The summed E-state index contributed by atoms with van der Waals surface area (Å²) in [7, 11) is 4.16. The first kappa shape index (κ1) is 14.4. The Labute approximate surface area is 109 Å². The number of hydrogen-bond donors (Lipinski definition) is 2. The van der Waals surface area contributed by atoms with Crippen LogP contribution < -0.4 is 11.1 Å². The van der Waals surface area contributed by atoms with E-state index in [-0.39, 0.29) is 0 Å². The summed E-state index contributed by atoms with van der Waals surface area (Å²) in [5.74, 6) is 1.08. The van der Waals surface area contributed by atoms with Crippen molar-refractivity contribution in [3.8, 4) is 0 Å². The number of thioether (sulfide) groups is 1. The molecule has 0 atom stereocenters. The predicted octanol–water partition coefficient (Wildman–Crippen LogP) is 2.23. The summed E-state index contributed by atoms with van der Waals surface area (Å²) in [6, 6.07) is 6.35. The summed E-state index contributed by atoms with van der Waals surface area (Å²) in [6.45, 7) is 4.72. The smallest absolute Gasteiger partial charge is 0.0397 e. The molecule has 0 aliphatic carbocycles. The third-order valence-electron chi connectivity index (χ3n) is 2.51. The van der Waals surface area contributed by atoms with E-state index in [4.69, 9.17) is 5.73 Å². The Kier molecular flexibility index (Phi) is 6.40. The molecule has 0 heterocycles. The third-order valence-corrected chi connectivity index (χ3v) is 3.49. The lowest BCUT2D eigenvalue weighted by Gasteiger charge is -2.16. The standard InChI is InChI=1S/C13H23N3S/c1-4-17-13-7-5-6-12(11(13)10-14)15-8-9-16(2)3/h5-7,15H,4,8-10,14H2,1-3H3. The lowest BCUT2D eigenvalue weighted by atomic mass is 10.1. The topological polar surface area (TPSA) is 41.3 Å². The van der Waals surface area contributed by atoms with Crippen LogP contribution in [0.3, 0.4) is 0 Å². The summed E-state index contributed by atoms with van der Waals surface area (Å²) in [5, 5.41) is 3.46. The average Bonchev–Trinajstić information content (AvgIpc) is 2.29. The quantitative estimate of drug-likeness (QED) is 0.731. The molecule has 4 heteroatoms. The largest absolute Gasteiger partial charge is 0.383 e. The zero-order valence-electron chi connectivity index (χ0n) is 11.0. The van der Waals surface area contributed by atoms with Gasteiger partial charge in [0.1, 0.15) is 0 Å². The van der Waals surface area contributed by atoms with Crippen LogP contribution in [0.25, 0.3) is 0 Å². The van der Waals surface area contributed by atoms with Crippen molar-refractivity contribution in [2.45, 2.75) is 18.4 Å². The lowest BCUT2D eigenvalue weighted by Crippen LogP contribution is -2.21. The Balaban J connectivity index is 2.73. The molecule has 0 aliphatic heterocycles. The van der Waals surface area contributed by atoms with Crippen LogP contribution in [-0.4, -0.2) is 37.8 Å². The van der Waals surface area contributed by atoms with Crippen LogP contribution in [-0.2, 0) is 6.54 Å². The van der Waals surface area contributed by atoms with Gasteiger partial charge in [-0.15, -0.1) is 11.8 Å². The van der Waals surface area contributed by atoms with E-state index < -0.39 is 0 Å². The van der Waals surface area contributed by atoms with Crippen molar-refractivity contribution < 1.29 is 0 Å². The van der Waals surface area contributed by atoms with Gasteiger partial charge in [-0.3, -0.25) is 0 Å². The minimum atomic E-state index is 0.591. The van der Waals surface area contributed by atoms with E-state index >= 15 is 0 Å². The molecule has 0 unspecified atom stereocenters. The third kappa shape index (κ3) is 4.58. The number of hydrogen-bond acceptors (Lipinski definition) is 4. The highest BCUT2D eigenvalue weighted by molar-refractivity contribution is 7.99. The van der Waals surface area contributed by atoms with E-state index in [9.17, 15) is 0 Å². The molecule has 1 rings (SSSR count). The molecule has 1 aromatic rings. The summed E-state index contributed by atoms with van der Waals surface area (Å²) < 4.78 is 0. The van der Waals surface area contributed by atoms with E-state index in [0.717, 1.165) is 18.8 Å². The zero-order chi connectivity index (χ0) is 12.7. The highest BCUT2D eigenvalue weighted by atomic mass is 32.2. The average molecular weight is 253 g/mol. The zero-order valence-corrected chi connectivity index (χ0v) is 11.8. The molecule has 0 fully saturated rings. The molecular weight excluding hydrogens is 230 g/mol. The van der Waals surface area contributed by atoms with Gasteiger partial charge in [0.15, 0.2) is 0 Å². The molecule has 0 saturated carbocycles. The molecule has 0 aliphatic rings. The summed E-state index contributed by atoms with van der Waals surface area (Å²) in [6.07, 6.45) is 0. The Morgan fingerprint density at radius 1 is 1.35 bits per heavy atom. The molecule has 17 heavy (non-hydrogen) atoms. The van der Waals surface area contributed by atoms with Gasteiger partial charge in [-0.05, 0) is 32.0 Å². The molecular formula is C13H23N3S. The van der Waals surface area contributed by atoms with Gasteiger partial charge in [-0.1, -0.05) is 13.0 Å². The van der Waals surface area contributed by atoms with Gasteiger partial charge in [0.2, 0.25) is 0 Å². The Morgan fingerprint density at radius 3 is 2.71 bits per heavy atom. The molecule has 0 bridgehead atoms. The first-order valence-electron chi connectivity index (χ1n) is 6.02. The highest BCUT2D eigenvalue weighted by Gasteiger charge is 2.06.